The first-order chi connectivity index (χ1) is 13.7. The van der Waals surface area contributed by atoms with E-state index in [0.29, 0.717) is 28.5 Å². The molecular weight excluding hydrogens is 359 g/mol. The fourth-order valence-corrected chi connectivity index (χ4v) is 4.03. The lowest BCUT2D eigenvalue weighted by atomic mass is 9.92. The lowest BCUT2D eigenvalue weighted by Crippen LogP contribution is -2.28. The van der Waals surface area contributed by atoms with E-state index in [1.165, 1.54) is 12.3 Å². The van der Waals surface area contributed by atoms with Crippen LogP contribution in [0.25, 0.3) is 34.0 Å². The third-order valence-electron chi connectivity index (χ3n) is 5.37. The van der Waals surface area contributed by atoms with E-state index in [-0.39, 0.29) is 11.9 Å². The van der Waals surface area contributed by atoms with E-state index in [9.17, 15) is 9.50 Å². The second-order valence-corrected chi connectivity index (χ2v) is 7.10. The molecule has 0 bridgehead atoms. The zero-order valence-electron chi connectivity index (χ0n) is 15.1. The van der Waals surface area contributed by atoms with Crippen molar-refractivity contribution in [1.82, 2.24) is 19.5 Å². The Morgan fingerprint density at radius 1 is 1.14 bits per heavy atom. The van der Waals surface area contributed by atoms with Crippen LogP contribution in [-0.4, -0.2) is 30.7 Å². The molecule has 0 aliphatic heterocycles. The maximum Gasteiger partial charge on any atom is 0.245 e. The topological polar surface area (TPSA) is 77.0 Å². The van der Waals surface area contributed by atoms with Gasteiger partial charge in [0.05, 0.1) is 35.6 Å². The first-order valence-electron chi connectivity index (χ1n) is 9.43. The Morgan fingerprint density at radius 3 is 2.79 bits per heavy atom. The standard InChI is InChI=1S/C21H19FN4O2/c22-14-6-2-1-5-13(14)20-25-16-12-24-15(21-23-9-10-28-21)11-18(16)26(20)17-7-3-4-8-19(17)27/h1-2,5-6,9-12,17,19,27H,3-4,7-8H2/t17?,19-/m0/s1. The van der Waals surface area contributed by atoms with E-state index < -0.39 is 6.10 Å². The molecule has 1 unspecified atom stereocenters. The number of aliphatic hydroxyl groups excluding tert-OH is 1. The van der Waals surface area contributed by atoms with Crippen LogP contribution in [0.4, 0.5) is 4.39 Å². The summed E-state index contributed by atoms with van der Waals surface area (Å²) in [5, 5.41) is 10.7. The van der Waals surface area contributed by atoms with Gasteiger partial charge in [0.1, 0.15) is 29.1 Å². The molecule has 1 aliphatic rings. The average molecular weight is 378 g/mol. The highest BCUT2D eigenvalue weighted by Gasteiger charge is 2.30. The summed E-state index contributed by atoms with van der Waals surface area (Å²) in [6, 6.07) is 8.25. The monoisotopic (exact) mass is 378 g/mol. The Kier molecular flexibility index (Phi) is 4.16. The Balaban J connectivity index is 1.76. The quantitative estimate of drug-likeness (QED) is 0.573. The molecule has 1 saturated carbocycles. The van der Waals surface area contributed by atoms with Crippen molar-refractivity contribution in [1.29, 1.82) is 0 Å². The number of hydrogen-bond donors (Lipinski definition) is 1. The maximum atomic E-state index is 14.6. The predicted octanol–water partition coefficient (Wildman–Crippen LogP) is 4.37. The molecule has 5 rings (SSSR count). The van der Waals surface area contributed by atoms with Crippen LogP contribution < -0.4 is 0 Å². The van der Waals surface area contributed by atoms with Gasteiger partial charge in [0, 0.05) is 0 Å². The van der Waals surface area contributed by atoms with Crippen molar-refractivity contribution in [3.05, 3.63) is 54.8 Å². The fourth-order valence-electron chi connectivity index (χ4n) is 4.03. The molecule has 3 heterocycles. The minimum Gasteiger partial charge on any atom is -0.443 e. The molecule has 28 heavy (non-hydrogen) atoms. The van der Waals surface area contributed by atoms with Crippen LogP contribution in [0.15, 0.2) is 53.4 Å². The molecule has 4 aromatic rings. The van der Waals surface area contributed by atoms with Gasteiger partial charge < -0.3 is 14.1 Å². The fraction of sp³-hybridized carbons (Fsp3) is 0.286. The van der Waals surface area contributed by atoms with Crippen molar-refractivity contribution in [3.63, 3.8) is 0 Å². The van der Waals surface area contributed by atoms with Gasteiger partial charge >= 0.3 is 0 Å². The Bertz CT molecular complexity index is 1120. The smallest absolute Gasteiger partial charge is 0.245 e. The average Bonchev–Trinajstić information content (AvgIpc) is 3.36. The van der Waals surface area contributed by atoms with Crippen LogP contribution in [0, 0.1) is 5.82 Å². The van der Waals surface area contributed by atoms with E-state index in [0.717, 1.165) is 31.2 Å². The highest BCUT2D eigenvalue weighted by Crippen LogP contribution is 2.37. The van der Waals surface area contributed by atoms with E-state index >= 15 is 0 Å². The molecule has 1 N–H and O–H groups in total. The molecule has 0 saturated heterocycles. The SMILES string of the molecule is O[C@H]1CCCCC1n1c(-c2ccccc2F)nc2cnc(-c3ncco3)cc21. The summed E-state index contributed by atoms with van der Waals surface area (Å²) in [4.78, 5) is 13.2. The number of aliphatic hydroxyl groups is 1. The zero-order valence-corrected chi connectivity index (χ0v) is 15.1. The van der Waals surface area contributed by atoms with Gasteiger partial charge in [-0.3, -0.25) is 0 Å². The van der Waals surface area contributed by atoms with Crippen molar-refractivity contribution >= 4 is 11.0 Å². The number of rotatable bonds is 3. The second kappa shape index (κ2) is 6.83. The number of aromatic nitrogens is 4. The van der Waals surface area contributed by atoms with E-state index in [4.69, 9.17) is 4.42 Å². The number of imidazole rings is 1. The number of hydrogen-bond acceptors (Lipinski definition) is 5. The molecule has 0 amide bonds. The summed E-state index contributed by atoms with van der Waals surface area (Å²) in [5.74, 6) is 0.571. The van der Waals surface area contributed by atoms with Crippen LogP contribution >= 0.6 is 0 Å². The Labute approximate surface area is 160 Å². The van der Waals surface area contributed by atoms with Crippen molar-refractivity contribution in [2.45, 2.75) is 37.8 Å². The normalized spacial score (nSPS) is 19.9. The predicted molar refractivity (Wildman–Crippen MR) is 102 cm³/mol. The van der Waals surface area contributed by atoms with Crippen molar-refractivity contribution in [2.75, 3.05) is 0 Å². The van der Waals surface area contributed by atoms with Crippen LogP contribution in [0.3, 0.4) is 0 Å². The van der Waals surface area contributed by atoms with E-state index in [1.54, 1.807) is 30.6 Å². The van der Waals surface area contributed by atoms with Crippen LogP contribution in [0.1, 0.15) is 31.7 Å². The number of oxazole rings is 1. The largest absolute Gasteiger partial charge is 0.443 e. The van der Waals surface area contributed by atoms with Crippen molar-refractivity contribution in [2.24, 2.45) is 0 Å². The molecule has 1 aromatic carbocycles. The molecule has 142 valence electrons. The lowest BCUT2D eigenvalue weighted by Gasteiger charge is -2.30. The van der Waals surface area contributed by atoms with Gasteiger partial charge in [0.2, 0.25) is 5.89 Å². The van der Waals surface area contributed by atoms with E-state index in [2.05, 4.69) is 15.0 Å². The first-order valence-corrected chi connectivity index (χ1v) is 9.43. The summed E-state index contributed by atoms with van der Waals surface area (Å²) in [6.07, 6.45) is 7.73. The molecule has 1 aliphatic carbocycles. The summed E-state index contributed by atoms with van der Waals surface area (Å²) in [7, 11) is 0. The molecule has 6 nitrogen and oxygen atoms in total. The minimum absolute atomic E-state index is 0.173. The number of pyridine rings is 1. The second-order valence-electron chi connectivity index (χ2n) is 7.10. The molecule has 3 aromatic heterocycles. The summed E-state index contributed by atoms with van der Waals surface area (Å²) in [5.41, 5.74) is 2.41. The van der Waals surface area contributed by atoms with Crippen LogP contribution in [0.5, 0.6) is 0 Å². The van der Waals surface area contributed by atoms with Gasteiger partial charge in [0.15, 0.2) is 0 Å². The van der Waals surface area contributed by atoms with Gasteiger partial charge in [-0.1, -0.05) is 25.0 Å². The number of halogens is 1. The third-order valence-corrected chi connectivity index (χ3v) is 5.37. The zero-order chi connectivity index (χ0) is 19.1. The van der Waals surface area contributed by atoms with Crippen LogP contribution in [0.2, 0.25) is 0 Å². The highest BCUT2D eigenvalue weighted by atomic mass is 19.1. The summed E-state index contributed by atoms with van der Waals surface area (Å²) >= 11 is 0. The summed E-state index contributed by atoms with van der Waals surface area (Å²) < 4.78 is 21.9. The highest BCUT2D eigenvalue weighted by molar-refractivity contribution is 5.83. The van der Waals surface area contributed by atoms with Gasteiger partial charge in [0.25, 0.3) is 0 Å². The number of benzene rings is 1. The van der Waals surface area contributed by atoms with Crippen molar-refractivity contribution < 1.29 is 13.9 Å². The van der Waals surface area contributed by atoms with Crippen molar-refractivity contribution in [3.8, 4) is 23.0 Å². The minimum atomic E-state index is -0.505. The molecule has 2 atom stereocenters. The van der Waals surface area contributed by atoms with Gasteiger partial charge in [-0.15, -0.1) is 0 Å². The molecule has 0 radical (unpaired) electrons. The Hall–Kier alpha value is -3.06. The summed E-state index contributed by atoms with van der Waals surface area (Å²) in [6.45, 7) is 0. The Morgan fingerprint density at radius 2 is 2.00 bits per heavy atom. The van der Waals surface area contributed by atoms with Gasteiger partial charge in [-0.25, -0.2) is 19.3 Å². The first kappa shape index (κ1) is 17.1. The number of nitrogens with zero attached hydrogens (tertiary/aromatic N) is 4. The van der Waals surface area contributed by atoms with Gasteiger partial charge in [-0.05, 0) is 31.0 Å². The third kappa shape index (κ3) is 2.79. The molecule has 1 fully saturated rings. The number of fused-ring (bicyclic) bond motifs is 1. The van der Waals surface area contributed by atoms with E-state index in [1.807, 2.05) is 10.6 Å². The van der Waals surface area contributed by atoms with Crippen LogP contribution in [-0.2, 0) is 0 Å². The molecule has 0 spiro atoms. The lowest BCUT2D eigenvalue weighted by molar-refractivity contribution is 0.0780. The maximum absolute atomic E-state index is 14.6. The van der Waals surface area contributed by atoms with Gasteiger partial charge in [-0.2, -0.15) is 0 Å². The molecule has 7 heteroatoms. The molecular formula is C21H19FN4O2.